The highest BCUT2D eigenvalue weighted by atomic mass is 19.2. The Bertz CT molecular complexity index is 783. The van der Waals surface area contributed by atoms with Gasteiger partial charge in [0.25, 0.3) is 0 Å². The molecule has 0 saturated heterocycles. The van der Waals surface area contributed by atoms with Crippen molar-refractivity contribution in [3.05, 3.63) is 48.0 Å². The summed E-state index contributed by atoms with van der Waals surface area (Å²) in [6.45, 7) is 3.02. The Morgan fingerprint density at radius 3 is 2.68 bits per heavy atom. The summed E-state index contributed by atoms with van der Waals surface area (Å²) in [5.74, 6) is -0.732. The standard InChI is InChI=1S/C18H18F2N2O3/c1-2-22(13-4-5-14(19)15(20)10-13)8-7-18(23)21-12-3-6-16-17(9-12)25-11-24-16/h3-6,9-10H,2,7-8,11H2,1H3,(H,21,23). The van der Waals surface area contributed by atoms with Crippen molar-refractivity contribution in [3.8, 4) is 11.5 Å². The van der Waals surface area contributed by atoms with Crippen LogP contribution in [0.4, 0.5) is 20.2 Å². The van der Waals surface area contributed by atoms with Gasteiger partial charge in [0.05, 0.1) is 0 Å². The summed E-state index contributed by atoms with van der Waals surface area (Å²) in [5.41, 5.74) is 1.16. The number of nitrogens with one attached hydrogen (secondary N) is 1. The zero-order valence-corrected chi connectivity index (χ0v) is 13.7. The molecule has 132 valence electrons. The Morgan fingerprint density at radius 2 is 1.92 bits per heavy atom. The van der Waals surface area contributed by atoms with Crippen LogP contribution >= 0.6 is 0 Å². The molecule has 2 aromatic rings. The minimum absolute atomic E-state index is 0.173. The highest BCUT2D eigenvalue weighted by Crippen LogP contribution is 2.34. The van der Waals surface area contributed by atoms with E-state index in [2.05, 4.69) is 5.32 Å². The smallest absolute Gasteiger partial charge is 0.231 e. The number of carbonyl (C=O) groups excluding carboxylic acids is 1. The summed E-state index contributed by atoms with van der Waals surface area (Å²) in [6.07, 6.45) is 0.210. The van der Waals surface area contributed by atoms with Crippen LogP contribution in [0.25, 0.3) is 0 Å². The molecule has 0 bridgehead atoms. The van der Waals surface area contributed by atoms with E-state index >= 15 is 0 Å². The maximum Gasteiger partial charge on any atom is 0.231 e. The Balaban J connectivity index is 1.57. The number of fused-ring (bicyclic) bond motifs is 1. The van der Waals surface area contributed by atoms with Crippen molar-refractivity contribution in [1.82, 2.24) is 0 Å². The van der Waals surface area contributed by atoms with Crippen molar-refractivity contribution in [1.29, 1.82) is 0 Å². The van der Waals surface area contributed by atoms with Gasteiger partial charge in [0.1, 0.15) is 0 Å². The van der Waals surface area contributed by atoms with Crippen LogP contribution in [-0.4, -0.2) is 25.8 Å². The van der Waals surface area contributed by atoms with E-state index in [9.17, 15) is 13.6 Å². The van der Waals surface area contributed by atoms with Gasteiger partial charge >= 0.3 is 0 Å². The normalized spacial score (nSPS) is 12.1. The molecule has 0 aromatic heterocycles. The number of benzene rings is 2. The molecule has 7 heteroatoms. The third-order valence-corrected chi connectivity index (χ3v) is 3.92. The first kappa shape index (κ1) is 17.0. The number of ether oxygens (including phenoxy) is 2. The monoisotopic (exact) mass is 348 g/mol. The summed E-state index contributed by atoms with van der Waals surface area (Å²) in [7, 11) is 0. The number of rotatable bonds is 6. The first-order chi connectivity index (χ1) is 12.1. The molecule has 0 unspecified atom stereocenters. The largest absolute Gasteiger partial charge is 0.454 e. The first-order valence-corrected chi connectivity index (χ1v) is 7.96. The molecule has 0 saturated carbocycles. The number of hydrogen-bond donors (Lipinski definition) is 1. The Kier molecular flexibility index (Phi) is 5.02. The maximum absolute atomic E-state index is 13.4. The van der Waals surface area contributed by atoms with Gasteiger partial charge in [0, 0.05) is 43.0 Å². The predicted octanol–water partition coefficient (Wildman–Crippen LogP) is 3.55. The van der Waals surface area contributed by atoms with Crippen molar-refractivity contribution in [2.75, 3.05) is 30.1 Å². The van der Waals surface area contributed by atoms with Gasteiger partial charge in [0.2, 0.25) is 12.7 Å². The molecular formula is C18H18F2N2O3. The quantitative estimate of drug-likeness (QED) is 0.867. The van der Waals surface area contributed by atoms with E-state index in [1.165, 1.54) is 6.07 Å². The van der Waals surface area contributed by atoms with E-state index < -0.39 is 11.6 Å². The average molecular weight is 348 g/mol. The Labute approximate surface area is 144 Å². The predicted molar refractivity (Wildman–Crippen MR) is 90.1 cm³/mol. The Morgan fingerprint density at radius 1 is 1.12 bits per heavy atom. The van der Waals surface area contributed by atoms with Crippen LogP contribution in [0.5, 0.6) is 11.5 Å². The molecule has 0 radical (unpaired) electrons. The lowest BCUT2D eigenvalue weighted by Crippen LogP contribution is -2.27. The van der Waals surface area contributed by atoms with Gasteiger partial charge in [0.15, 0.2) is 23.1 Å². The van der Waals surface area contributed by atoms with Gasteiger partial charge in [-0.2, -0.15) is 0 Å². The van der Waals surface area contributed by atoms with E-state index in [0.29, 0.717) is 36.0 Å². The lowest BCUT2D eigenvalue weighted by atomic mass is 10.2. The maximum atomic E-state index is 13.4. The zero-order valence-electron chi connectivity index (χ0n) is 13.7. The fraction of sp³-hybridized carbons (Fsp3) is 0.278. The summed E-state index contributed by atoms with van der Waals surface area (Å²) in [6, 6.07) is 8.88. The number of anilines is 2. The van der Waals surface area contributed by atoms with Crippen LogP contribution in [0, 0.1) is 11.6 Å². The van der Waals surface area contributed by atoms with Gasteiger partial charge in [-0.15, -0.1) is 0 Å². The molecule has 0 fully saturated rings. The topological polar surface area (TPSA) is 50.8 Å². The zero-order chi connectivity index (χ0) is 17.8. The van der Waals surface area contributed by atoms with Gasteiger partial charge in [-0.3, -0.25) is 4.79 Å². The second-order valence-electron chi connectivity index (χ2n) is 5.54. The van der Waals surface area contributed by atoms with Gasteiger partial charge < -0.3 is 19.7 Å². The Hall–Kier alpha value is -2.83. The van der Waals surface area contributed by atoms with Gasteiger partial charge in [-0.1, -0.05) is 0 Å². The fourth-order valence-electron chi connectivity index (χ4n) is 2.59. The molecule has 0 spiro atoms. The third kappa shape index (κ3) is 3.99. The highest BCUT2D eigenvalue weighted by molar-refractivity contribution is 5.91. The van der Waals surface area contributed by atoms with E-state index in [-0.39, 0.29) is 19.1 Å². The molecular weight excluding hydrogens is 330 g/mol. The average Bonchev–Trinajstić information content (AvgIpc) is 3.06. The van der Waals surface area contributed by atoms with Crippen LogP contribution in [-0.2, 0) is 4.79 Å². The molecule has 5 nitrogen and oxygen atoms in total. The van der Waals surface area contributed by atoms with Crippen molar-refractivity contribution >= 4 is 17.3 Å². The third-order valence-electron chi connectivity index (χ3n) is 3.92. The van der Waals surface area contributed by atoms with Crippen LogP contribution < -0.4 is 19.7 Å². The first-order valence-electron chi connectivity index (χ1n) is 7.96. The molecule has 3 rings (SSSR count). The molecule has 1 aliphatic heterocycles. The van der Waals surface area contributed by atoms with Crippen molar-refractivity contribution < 1.29 is 23.0 Å². The lowest BCUT2D eigenvalue weighted by molar-refractivity contribution is -0.116. The number of halogens is 2. The molecule has 25 heavy (non-hydrogen) atoms. The highest BCUT2D eigenvalue weighted by Gasteiger charge is 2.15. The van der Waals surface area contributed by atoms with E-state index in [1.54, 1.807) is 18.2 Å². The number of carbonyl (C=O) groups is 1. The second-order valence-corrected chi connectivity index (χ2v) is 5.54. The lowest BCUT2D eigenvalue weighted by Gasteiger charge is -2.23. The molecule has 0 aliphatic carbocycles. The molecule has 1 N–H and O–H groups in total. The SMILES string of the molecule is CCN(CCC(=O)Nc1ccc2c(c1)OCO2)c1ccc(F)c(F)c1. The van der Waals surface area contributed by atoms with Crippen molar-refractivity contribution in [3.63, 3.8) is 0 Å². The summed E-state index contributed by atoms with van der Waals surface area (Å²) in [4.78, 5) is 13.9. The summed E-state index contributed by atoms with van der Waals surface area (Å²) in [5, 5.41) is 2.79. The van der Waals surface area contributed by atoms with Crippen LogP contribution in [0.3, 0.4) is 0 Å². The molecule has 1 amide bonds. The number of amides is 1. The minimum Gasteiger partial charge on any atom is -0.454 e. The van der Waals surface area contributed by atoms with E-state index in [4.69, 9.17) is 9.47 Å². The van der Waals surface area contributed by atoms with Crippen molar-refractivity contribution in [2.24, 2.45) is 0 Å². The van der Waals surface area contributed by atoms with Crippen molar-refractivity contribution in [2.45, 2.75) is 13.3 Å². The molecule has 1 aliphatic rings. The van der Waals surface area contributed by atoms with Gasteiger partial charge in [-0.05, 0) is 31.2 Å². The molecule has 0 atom stereocenters. The molecule has 2 aromatic carbocycles. The van der Waals surface area contributed by atoms with E-state index in [0.717, 1.165) is 12.1 Å². The van der Waals surface area contributed by atoms with Gasteiger partial charge in [-0.25, -0.2) is 8.78 Å². The van der Waals surface area contributed by atoms with E-state index in [1.807, 2.05) is 11.8 Å². The van der Waals surface area contributed by atoms with Crippen LogP contribution in [0.1, 0.15) is 13.3 Å². The van der Waals surface area contributed by atoms with Crippen LogP contribution in [0.15, 0.2) is 36.4 Å². The fourth-order valence-corrected chi connectivity index (χ4v) is 2.59. The summed E-state index contributed by atoms with van der Waals surface area (Å²) < 4.78 is 36.9. The van der Waals surface area contributed by atoms with Crippen LogP contribution in [0.2, 0.25) is 0 Å². The minimum atomic E-state index is -0.902. The molecule has 1 heterocycles. The number of hydrogen-bond acceptors (Lipinski definition) is 4. The number of nitrogens with zero attached hydrogens (tertiary/aromatic N) is 1. The summed E-state index contributed by atoms with van der Waals surface area (Å²) >= 11 is 0. The second kappa shape index (κ2) is 7.38.